The summed E-state index contributed by atoms with van der Waals surface area (Å²) in [6, 6.07) is 15.2. The van der Waals surface area contributed by atoms with Crippen LogP contribution in [0.5, 0.6) is 0 Å². The first kappa shape index (κ1) is 19.5. The van der Waals surface area contributed by atoms with Gasteiger partial charge in [-0.2, -0.15) is 0 Å². The molecule has 29 heavy (non-hydrogen) atoms. The van der Waals surface area contributed by atoms with Gasteiger partial charge in [-0.25, -0.2) is 14.4 Å². The highest BCUT2D eigenvalue weighted by atomic mass is 32.1. The van der Waals surface area contributed by atoms with Gasteiger partial charge in [-0.1, -0.05) is 37.6 Å². The quantitative estimate of drug-likeness (QED) is 0.368. The summed E-state index contributed by atoms with van der Waals surface area (Å²) < 4.78 is 13.4. The number of thiophene rings is 1. The largest absolute Gasteiger partial charge is 0.340 e. The van der Waals surface area contributed by atoms with Gasteiger partial charge in [-0.3, -0.25) is 0 Å². The third-order valence-corrected chi connectivity index (χ3v) is 6.01. The lowest BCUT2D eigenvalue weighted by Gasteiger charge is -2.11. The van der Waals surface area contributed by atoms with E-state index in [0.29, 0.717) is 0 Å². The molecule has 0 saturated heterocycles. The van der Waals surface area contributed by atoms with E-state index < -0.39 is 0 Å². The summed E-state index contributed by atoms with van der Waals surface area (Å²) in [6.07, 6.45) is 3.50. The summed E-state index contributed by atoms with van der Waals surface area (Å²) in [5, 5.41) is 4.47. The van der Waals surface area contributed by atoms with Crippen molar-refractivity contribution in [3.8, 4) is 11.1 Å². The molecule has 0 atom stereocenters. The van der Waals surface area contributed by atoms with Crippen LogP contribution in [0.15, 0.2) is 48.5 Å². The molecule has 2 aromatic carbocycles. The molecule has 0 aliphatic heterocycles. The topological polar surface area (TPSA) is 37.8 Å². The van der Waals surface area contributed by atoms with Gasteiger partial charge in [0.2, 0.25) is 0 Å². The Hall–Kier alpha value is -2.79. The van der Waals surface area contributed by atoms with Crippen molar-refractivity contribution < 1.29 is 4.39 Å². The molecule has 148 valence electrons. The summed E-state index contributed by atoms with van der Waals surface area (Å²) in [7, 11) is 0. The van der Waals surface area contributed by atoms with E-state index >= 15 is 0 Å². The summed E-state index contributed by atoms with van der Waals surface area (Å²) in [5.74, 6) is 1.28. The first-order chi connectivity index (χ1) is 14.0. The van der Waals surface area contributed by atoms with E-state index in [1.165, 1.54) is 30.5 Å². The Kier molecular flexibility index (Phi) is 5.58. The number of anilines is 2. The Morgan fingerprint density at radius 1 is 0.966 bits per heavy atom. The van der Waals surface area contributed by atoms with Gasteiger partial charge in [-0.15, -0.1) is 11.3 Å². The average Bonchev–Trinajstić information content (AvgIpc) is 3.04. The number of nitrogens with zero attached hydrogens (tertiary/aromatic N) is 2. The Bertz CT molecular complexity index is 1130. The fraction of sp³-hybridized carbons (Fsp3) is 0.250. The van der Waals surface area contributed by atoms with E-state index in [2.05, 4.69) is 48.4 Å². The Labute approximate surface area is 174 Å². The minimum Gasteiger partial charge on any atom is -0.340 e. The Balaban J connectivity index is 1.76. The van der Waals surface area contributed by atoms with E-state index in [0.717, 1.165) is 50.0 Å². The third kappa shape index (κ3) is 4.15. The van der Waals surface area contributed by atoms with Crippen molar-refractivity contribution in [2.45, 2.75) is 40.0 Å². The van der Waals surface area contributed by atoms with Crippen LogP contribution < -0.4 is 5.32 Å². The van der Waals surface area contributed by atoms with E-state index in [1.54, 1.807) is 11.3 Å². The lowest BCUT2D eigenvalue weighted by molar-refractivity contribution is 0.628. The molecule has 0 aliphatic carbocycles. The molecular formula is C24H24FN3S. The third-order valence-electron chi connectivity index (χ3n) is 5.01. The van der Waals surface area contributed by atoms with Gasteiger partial charge < -0.3 is 5.32 Å². The predicted molar refractivity (Wildman–Crippen MR) is 121 cm³/mol. The zero-order chi connectivity index (χ0) is 20.4. The maximum absolute atomic E-state index is 13.4. The van der Waals surface area contributed by atoms with Crippen molar-refractivity contribution in [2.24, 2.45) is 0 Å². The molecular weight excluding hydrogens is 381 g/mol. The average molecular weight is 406 g/mol. The van der Waals surface area contributed by atoms with Crippen LogP contribution in [-0.4, -0.2) is 9.97 Å². The van der Waals surface area contributed by atoms with Gasteiger partial charge in [0.15, 0.2) is 0 Å². The Morgan fingerprint density at radius 2 is 1.69 bits per heavy atom. The van der Waals surface area contributed by atoms with Crippen molar-refractivity contribution in [1.82, 2.24) is 9.97 Å². The SMILES string of the molecule is CCCCc1ccc(Nc2nc(C)nc3sc(C)c(-c4ccc(F)cc4)c23)cc1. The smallest absolute Gasteiger partial charge is 0.143 e. The second kappa shape index (κ2) is 8.29. The highest BCUT2D eigenvalue weighted by Gasteiger charge is 2.18. The van der Waals surface area contributed by atoms with Gasteiger partial charge in [0.25, 0.3) is 0 Å². The predicted octanol–water partition coefficient (Wildman–Crippen LogP) is 7.20. The fourth-order valence-corrected chi connectivity index (χ4v) is 4.64. The lowest BCUT2D eigenvalue weighted by atomic mass is 10.0. The number of nitrogens with one attached hydrogen (secondary N) is 1. The second-order valence-electron chi connectivity index (χ2n) is 7.27. The van der Waals surface area contributed by atoms with E-state index in [9.17, 15) is 4.39 Å². The normalized spacial score (nSPS) is 11.2. The number of hydrogen-bond donors (Lipinski definition) is 1. The van der Waals surface area contributed by atoms with Crippen molar-refractivity contribution in [2.75, 3.05) is 5.32 Å². The first-order valence-electron chi connectivity index (χ1n) is 9.95. The van der Waals surface area contributed by atoms with Gasteiger partial charge in [0.05, 0.1) is 5.39 Å². The molecule has 3 nitrogen and oxygen atoms in total. The summed E-state index contributed by atoms with van der Waals surface area (Å²) in [5.41, 5.74) is 4.38. The number of aryl methyl sites for hydroxylation is 3. The summed E-state index contributed by atoms with van der Waals surface area (Å²) in [4.78, 5) is 11.4. The summed E-state index contributed by atoms with van der Waals surface area (Å²) in [6.45, 7) is 6.19. The van der Waals surface area contributed by atoms with Gasteiger partial charge in [-0.05, 0) is 62.1 Å². The van der Waals surface area contributed by atoms with Crippen LogP contribution in [0.3, 0.4) is 0 Å². The molecule has 0 fully saturated rings. The van der Waals surface area contributed by atoms with E-state index in [4.69, 9.17) is 4.98 Å². The molecule has 0 unspecified atom stereocenters. The van der Waals surface area contributed by atoms with Crippen molar-refractivity contribution >= 4 is 33.1 Å². The van der Waals surface area contributed by atoms with Gasteiger partial charge in [0, 0.05) is 16.1 Å². The number of hydrogen-bond acceptors (Lipinski definition) is 4. The molecule has 0 amide bonds. The number of halogens is 1. The number of rotatable bonds is 6. The van der Waals surface area contributed by atoms with Crippen LogP contribution in [0, 0.1) is 19.7 Å². The van der Waals surface area contributed by atoms with Crippen LogP contribution in [0.2, 0.25) is 0 Å². The molecule has 5 heteroatoms. The zero-order valence-electron chi connectivity index (χ0n) is 16.9. The minimum atomic E-state index is -0.237. The Morgan fingerprint density at radius 3 is 2.38 bits per heavy atom. The molecule has 2 heterocycles. The maximum atomic E-state index is 13.4. The van der Waals surface area contributed by atoms with E-state index in [-0.39, 0.29) is 5.82 Å². The second-order valence-corrected chi connectivity index (χ2v) is 8.47. The van der Waals surface area contributed by atoms with Crippen LogP contribution in [0.25, 0.3) is 21.3 Å². The van der Waals surface area contributed by atoms with Crippen molar-refractivity contribution in [1.29, 1.82) is 0 Å². The molecule has 4 rings (SSSR count). The fourth-order valence-electron chi connectivity index (χ4n) is 3.55. The maximum Gasteiger partial charge on any atom is 0.143 e. The summed E-state index contributed by atoms with van der Waals surface area (Å²) >= 11 is 1.64. The standard InChI is InChI=1S/C24H24FN3S/c1-4-5-6-17-7-13-20(14-8-17)28-23-22-21(18-9-11-19(25)12-10-18)15(2)29-24(22)27-16(3)26-23/h7-14H,4-6H2,1-3H3,(H,26,27,28). The molecule has 0 aliphatic rings. The number of unbranched alkanes of at least 4 members (excludes halogenated alkanes) is 1. The zero-order valence-corrected chi connectivity index (χ0v) is 17.7. The highest BCUT2D eigenvalue weighted by molar-refractivity contribution is 7.19. The van der Waals surface area contributed by atoms with E-state index in [1.807, 2.05) is 19.1 Å². The number of fused-ring (bicyclic) bond motifs is 1. The van der Waals surface area contributed by atoms with Crippen LogP contribution in [0.4, 0.5) is 15.9 Å². The van der Waals surface area contributed by atoms with Crippen LogP contribution in [0.1, 0.15) is 36.0 Å². The first-order valence-corrected chi connectivity index (χ1v) is 10.8. The molecule has 2 aromatic heterocycles. The molecule has 1 N–H and O–H groups in total. The molecule has 0 bridgehead atoms. The highest BCUT2D eigenvalue weighted by Crippen LogP contribution is 2.41. The molecule has 0 saturated carbocycles. The van der Waals surface area contributed by atoms with Crippen LogP contribution >= 0.6 is 11.3 Å². The molecule has 0 radical (unpaired) electrons. The van der Waals surface area contributed by atoms with Crippen molar-refractivity contribution in [3.63, 3.8) is 0 Å². The van der Waals surface area contributed by atoms with Gasteiger partial charge in [0.1, 0.15) is 22.3 Å². The van der Waals surface area contributed by atoms with Crippen molar-refractivity contribution in [3.05, 3.63) is 70.6 Å². The lowest BCUT2D eigenvalue weighted by Crippen LogP contribution is -1.99. The molecule has 4 aromatic rings. The number of benzene rings is 2. The van der Waals surface area contributed by atoms with Crippen LogP contribution in [-0.2, 0) is 6.42 Å². The number of aromatic nitrogens is 2. The minimum absolute atomic E-state index is 0.237. The van der Waals surface area contributed by atoms with Gasteiger partial charge >= 0.3 is 0 Å². The monoisotopic (exact) mass is 405 g/mol. The molecule has 0 spiro atoms.